The monoisotopic (exact) mass is 202 g/mol. The van der Waals surface area contributed by atoms with Crippen molar-refractivity contribution in [3.63, 3.8) is 0 Å². The van der Waals surface area contributed by atoms with Crippen molar-refractivity contribution in [3.05, 3.63) is 35.4 Å². The van der Waals surface area contributed by atoms with Crippen LogP contribution in [-0.2, 0) is 0 Å². The number of carbonyl (C=O) groups excluding carboxylic acids is 1. The molecule has 78 valence electrons. The lowest BCUT2D eigenvalue weighted by molar-refractivity contribution is 0.0956. The molecule has 15 heavy (non-hydrogen) atoms. The molecule has 0 aliphatic carbocycles. The summed E-state index contributed by atoms with van der Waals surface area (Å²) < 4.78 is 0. The van der Waals surface area contributed by atoms with E-state index < -0.39 is 0 Å². The van der Waals surface area contributed by atoms with Crippen LogP contribution >= 0.6 is 0 Å². The first-order valence-electron chi connectivity index (χ1n) is 4.85. The third kappa shape index (κ3) is 3.45. The second-order valence-corrected chi connectivity index (χ2v) is 2.95. The van der Waals surface area contributed by atoms with Gasteiger partial charge in [0.1, 0.15) is 0 Å². The maximum absolute atomic E-state index is 11.5. The third-order valence-corrected chi connectivity index (χ3v) is 1.80. The maximum atomic E-state index is 11.5. The first kappa shape index (κ1) is 11.3. The summed E-state index contributed by atoms with van der Waals surface area (Å²) >= 11 is 0. The molecule has 0 unspecified atom stereocenters. The molecule has 0 atom stereocenters. The van der Waals surface area contributed by atoms with Crippen LogP contribution in [0.3, 0.4) is 0 Å². The summed E-state index contributed by atoms with van der Waals surface area (Å²) in [7, 11) is 0. The molecule has 0 aromatic heterocycles. The third-order valence-electron chi connectivity index (χ3n) is 1.80. The van der Waals surface area contributed by atoms with E-state index >= 15 is 0 Å². The highest BCUT2D eigenvalue weighted by atomic mass is 16.1. The Labute approximate surface area is 89.7 Å². The molecule has 0 heterocycles. The molecule has 0 fully saturated rings. The molecular formula is C12H14N2O. The van der Waals surface area contributed by atoms with Gasteiger partial charge in [0.2, 0.25) is 0 Å². The summed E-state index contributed by atoms with van der Waals surface area (Å²) in [6.45, 7) is 2.83. The zero-order valence-corrected chi connectivity index (χ0v) is 8.71. The summed E-state index contributed by atoms with van der Waals surface area (Å²) in [6.07, 6.45) is 0. The molecule has 0 radical (unpaired) electrons. The predicted molar refractivity (Wildman–Crippen MR) is 60.4 cm³/mol. The number of rotatable bonds is 2. The summed E-state index contributed by atoms with van der Waals surface area (Å²) in [6, 6.07) is 7.18. The fourth-order valence-electron chi connectivity index (χ4n) is 1.15. The first-order valence-corrected chi connectivity index (χ1v) is 4.85. The summed E-state index contributed by atoms with van der Waals surface area (Å²) in [5.74, 6) is 5.56. The number of nitrogens with one attached hydrogen (secondary N) is 1. The molecule has 1 amide bonds. The van der Waals surface area contributed by atoms with Gasteiger partial charge in [0.15, 0.2) is 0 Å². The van der Waals surface area contributed by atoms with E-state index in [1.54, 1.807) is 12.1 Å². The molecule has 3 nitrogen and oxygen atoms in total. The van der Waals surface area contributed by atoms with Crippen molar-refractivity contribution in [1.29, 1.82) is 0 Å². The van der Waals surface area contributed by atoms with E-state index in [4.69, 9.17) is 5.73 Å². The quantitative estimate of drug-likeness (QED) is 0.695. The number of hydrogen-bond acceptors (Lipinski definition) is 2. The van der Waals surface area contributed by atoms with Crippen molar-refractivity contribution in [2.45, 2.75) is 6.92 Å². The Bertz CT molecular complexity index is 402. The lowest BCUT2D eigenvalue weighted by atomic mass is 10.1. The second-order valence-electron chi connectivity index (χ2n) is 2.95. The van der Waals surface area contributed by atoms with Crippen LogP contribution in [0.2, 0.25) is 0 Å². The van der Waals surface area contributed by atoms with Gasteiger partial charge in [0, 0.05) is 17.7 Å². The van der Waals surface area contributed by atoms with Crippen molar-refractivity contribution in [2.75, 3.05) is 13.1 Å². The van der Waals surface area contributed by atoms with E-state index in [1.165, 1.54) is 0 Å². The Kier molecular flexibility index (Phi) is 4.39. The Morgan fingerprint density at radius 1 is 1.53 bits per heavy atom. The molecule has 0 aliphatic rings. The van der Waals surface area contributed by atoms with Gasteiger partial charge >= 0.3 is 0 Å². The summed E-state index contributed by atoms with van der Waals surface area (Å²) in [5.41, 5.74) is 6.70. The van der Waals surface area contributed by atoms with Gasteiger partial charge in [0.05, 0.1) is 6.54 Å². The zero-order valence-electron chi connectivity index (χ0n) is 8.71. The topological polar surface area (TPSA) is 55.1 Å². The molecule has 0 spiro atoms. The van der Waals surface area contributed by atoms with Crippen molar-refractivity contribution >= 4 is 5.91 Å². The average molecular weight is 202 g/mol. The molecule has 3 heteroatoms. The molecule has 0 aliphatic heterocycles. The van der Waals surface area contributed by atoms with Crippen LogP contribution in [0.5, 0.6) is 0 Å². The van der Waals surface area contributed by atoms with Gasteiger partial charge in [0.25, 0.3) is 5.91 Å². The van der Waals surface area contributed by atoms with Gasteiger partial charge in [-0.15, -0.1) is 0 Å². The largest absolute Gasteiger partial charge is 0.352 e. The summed E-state index contributed by atoms with van der Waals surface area (Å²) in [4.78, 5) is 11.5. The van der Waals surface area contributed by atoms with Crippen molar-refractivity contribution in [1.82, 2.24) is 5.32 Å². The van der Waals surface area contributed by atoms with E-state index in [0.717, 1.165) is 5.56 Å². The molecule has 1 aromatic rings. The SMILES string of the molecule is CCNC(=O)c1cccc(C#CCN)c1. The molecule has 0 saturated heterocycles. The standard InChI is InChI=1S/C12H14N2O/c1-2-14-12(15)11-7-3-5-10(9-11)6-4-8-13/h3,5,7,9H,2,8,13H2,1H3,(H,14,15). The minimum Gasteiger partial charge on any atom is -0.352 e. The fourth-order valence-corrected chi connectivity index (χ4v) is 1.15. The minimum atomic E-state index is -0.0751. The first-order chi connectivity index (χ1) is 7.27. The Morgan fingerprint density at radius 2 is 2.33 bits per heavy atom. The van der Waals surface area contributed by atoms with Crippen LogP contribution in [0.15, 0.2) is 24.3 Å². The van der Waals surface area contributed by atoms with Gasteiger partial charge in [-0.1, -0.05) is 17.9 Å². The predicted octanol–water partition coefficient (Wildman–Crippen LogP) is 0.747. The van der Waals surface area contributed by atoms with Crippen LogP contribution in [-0.4, -0.2) is 19.0 Å². The van der Waals surface area contributed by atoms with E-state index in [2.05, 4.69) is 17.2 Å². The summed E-state index contributed by atoms with van der Waals surface area (Å²) in [5, 5.41) is 2.73. The van der Waals surface area contributed by atoms with Crippen LogP contribution in [0, 0.1) is 11.8 Å². The highest BCUT2D eigenvalue weighted by molar-refractivity contribution is 5.94. The average Bonchev–Trinajstić information content (AvgIpc) is 2.27. The molecule has 0 bridgehead atoms. The molecule has 3 N–H and O–H groups in total. The normalized spacial score (nSPS) is 8.93. The van der Waals surface area contributed by atoms with Gasteiger partial charge in [-0.3, -0.25) is 4.79 Å². The van der Waals surface area contributed by atoms with Crippen molar-refractivity contribution in [3.8, 4) is 11.8 Å². The highest BCUT2D eigenvalue weighted by Crippen LogP contribution is 2.03. The molecule has 1 rings (SSSR count). The van der Waals surface area contributed by atoms with E-state index in [0.29, 0.717) is 18.7 Å². The van der Waals surface area contributed by atoms with Crippen LogP contribution < -0.4 is 11.1 Å². The number of benzene rings is 1. The number of hydrogen-bond donors (Lipinski definition) is 2. The molecule has 1 aromatic carbocycles. The Balaban J connectivity index is 2.87. The van der Waals surface area contributed by atoms with Gasteiger partial charge < -0.3 is 11.1 Å². The van der Waals surface area contributed by atoms with E-state index in [-0.39, 0.29) is 5.91 Å². The smallest absolute Gasteiger partial charge is 0.251 e. The van der Waals surface area contributed by atoms with Crippen LogP contribution in [0.25, 0.3) is 0 Å². The lowest BCUT2D eigenvalue weighted by Crippen LogP contribution is -2.22. The Morgan fingerprint density at radius 3 is 3.00 bits per heavy atom. The van der Waals surface area contributed by atoms with Crippen LogP contribution in [0.4, 0.5) is 0 Å². The van der Waals surface area contributed by atoms with Crippen molar-refractivity contribution < 1.29 is 4.79 Å². The maximum Gasteiger partial charge on any atom is 0.251 e. The van der Waals surface area contributed by atoms with E-state index in [9.17, 15) is 4.79 Å². The number of amides is 1. The lowest BCUT2D eigenvalue weighted by Gasteiger charge is -2.01. The highest BCUT2D eigenvalue weighted by Gasteiger charge is 2.02. The van der Waals surface area contributed by atoms with Gasteiger partial charge in [-0.2, -0.15) is 0 Å². The fraction of sp³-hybridized carbons (Fsp3) is 0.250. The molecule has 0 saturated carbocycles. The minimum absolute atomic E-state index is 0.0751. The second kappa shape index (κ2) is 5.84. The Hall–Kier alpha value is -1.79. The van der Waals surface area contributed by atoms with Crippen molar-refractivity contribution in [2.24, 2.45) is 5.73 Å². The number of carbonyl (C=O) groups is 1. The van der Waals surface area contributed by atoms with E-state index in [1.807, 2.05) is 19.1 Å². The molecular weight excluding hydrogens is 188 g/mol. The van der Waals surface area contributed by atoms with Gasteiger partial charge in [-0.05, 0) is 25.1 Å². The number of nitrogens with two attached hydrogens (primary N) is 1. The zero-order chi connectivity index (χ0) is 11.1. The van der Waals surface area contributed by atoms with Gasteiger partial charge in [-0.25, -0.2) is 0 Å². The van der Waals surface area contributed by atoms with Crippen LogP contribution in [0.1, 0.15) is 22.8 Å².